The zero-order valence-corrected chi connectivity index (χ0v) is 7.85. The fourth-order valence-electron chi connectivity index (χ4n) is 1.14. The van der Waals surface area contributed by atoms with E-state index >= 15 is 0 Å². The summed E-state index contributed by atoms with van der Waals surface area (Å²) in [5.41, 5.74) is -0.381. The summed E-state index contributed by atoms with van der Waals surface area (Å²) < 4.78 is 5.09. The van der Waals surface area contributed by atoms with Crippen molar-refractivity contribution in [3.05, 3.63) is 0 Å². The molecule has 0 radical (unpaired) electrons. The van der Waals surface area contributed by atoms with Crippen LogP contribution in [-0.4, -0.2) is 24.7 Å². The first-order valence-electron chi connectivity index (χ1n) is 4.61. The topological polar surface area (TPSA) is 38.3 Å². The van der Waals surface area contributed by atoms with E-state index in [0.29, 0.717) is 6.61 Å². The SMILES string of the molecule is CCCCOC(=O)C1(C)CCN1. The maximum Gasteiger partial charge on any atom is 0.326 e. The molecule has 1 aliphatic heterocycles. The molecule has 0 saturated carbocycles. The van der Waals surface area contributed by atoms with E-state index in [1.807, 2.05) is 6.92 Å². The molecule has 12 heavy (non-hydrogen) atoms. The molecule has 0 aromatic rings. The summed E-state index contributed by atoms with van der Waals surface area (Å²) in [5, 5.41) is 3.07. The van der Waals surface area contributed by atoms with Crippen LogP contribution in [0.3, 0.4) is 0 Å². The molecule has 0 spiro atoms. The summed E-state index contributed by atoms with van der Waals surface area (Å²) in [5.74, 6) is -0.0952. The van der Waals surface area contributed by atoms with Crippen LogP contribution in [0.4, 0.5) is 0 Å². The van der Waals surface area contributed by atoms with Gasteiger partial charge in [0.1, 0.15) is 5.54 Å². The fourth-order valence-corrected chi connectivity index (χ4v) is 1.14. The Balaban J connectivity index is 2.19. The minimum absolute atomic E-state index is 0.0952. The van der Waals surface area contributed by atoms with E-state index in [-0.39, 0.29) is 11.5 Å². The van der Waals surface area contributed by atoms with Crippen LogP contribution >= 0.6 is 0 Å². The van der Waals surface area contributed by atoms with E-state index in [0.717, 1.165) is 25.8 Å². The Hall–Kier alpha value is -0.570. The molecule has 1 fully saturated rings. The number of unbranched alkanes of at least 4 members (excludes halogenated alkanes) is 1. The molecular weight excluding hydrogens is 154 g/mol. The third-order valence-corrected chi connectivity index (χ3v) is 2.32. The molecule has 1 heterocycles. The van der Waals surface area contributed by atoms with Gasteiger partial charge in [0, 0.05) is 0 Å². The van der Waals surface area contributed by atoms with E-state index in [4.69, 9.17) is 4.74 Å². The van der Waals surface area contributed by atoms with Crippen molar-refractivity contribution in [1.82, 2.24) is 5.32 Å². The van der Waals surface area contributed by atoms with Gasteiger partial charge in [0.05, 0.1) is 6.61 Å². The van der Waals surface area contributed by atoms with Gasteiger partial charge in [-0.25, -0.2) is 0 Å². The number of esters is 1. The minimum Gasteiger partial charge on any atom is -0.464 e. The van der Waals surface area contributed by atoms with Gasteiger partial charge in [0.2, 0.25) is 0 Å². The smallest absolute Gasteiger partial charge is 0.326 e. The van der Waals surface area contributed by atoms with Crippen LogP contribution < -0.4 is 5.32 Å². The second kappa shape index (κ2) is 3.90. The monoisotopic (exact) mass is 171 g/mol. The van der Waals surface area contributed by atoms with Crippen LogP contribution in [0.5, 0.6) is 0 Å². The summed E-state index contributed by atoms with van der Waals surface area (Å²) in [6.07, 6.45) is 2.93. The van der Waals surface area contributed by atoms with Crippen molar-refractivity contribution in [3.8, 4) is 0 Å². The Bertz CT molecular complexity index is 164. The van der Waals surface area contributed by atoms with Gasteiger partial charge in [-0.2, -0.15) is 0 Å². The molecule has 1 atom stereocenters. The van der Waals surface area contributed by atoms with Crippen molar-refractivity contribution >= 4 is 5.97 Å². The van der Waals surface area contributed by atoms with Gasteiger partial charge in [-0.15, -0.1) is 0 Å². The maximum absolute atomic E-state index is 11.3. The summed E-state index contributed by atoms with van der Waals surface area (Å²) in [6.45, 7) is 5.47. The lowest BCUT2D eigenvalue weighted by molar-refractivity contribution is -0.154. The van der Waals surface area contributed by atoms with Crippen LogP contribution in [0, 0.1) is 0 Å². The summed E-state index contributed by atoms with van der Waals surface area (Å²) >= 11 is 0. The lowest BCUT2D eigenvalue weighted by Gasteiger charge is -2.37. The molecular formula is C9H17NO2. The van der Waals surface area contributed by atoms with Gasteiger partial charge < -0.3 is 10.1 Å². The van der Waals surface area contributed by atoms with Crippen LogP contribution in [0.15, 0.2) is 0 Å². The second-order valence-corrected chi connectivity index (χ2v) is 3.50. The molecule has 3 nitrogen and oxygen atoms in total. The highest BCUT2D eigenvalue weighted by atomic mass is 16.5. The van der Waals surface area contributed by atoms with Crippen LogP contribution in [0.25, 0.3) is 0 Å². The van der Waals surface area contributed by atoms with E-state index in [9.17, 15) is 4.79 Å². The molecule has 1 unspecified atom stereocenters. The molecule has 70 valence electrons. The maximum atomic E-state index is 11.3. The van der Waals surface area contributed by atoms with E-state index in [1.54, 1.807) is 0 Å². The second-order valence-electron chi connectivity index (χ2n) is 3.50. The zero-order chi connectivity index (χ0) is 9.03. The number of carbonyl (C=O) groups excluding carboxylic acids is 1. The number of rotatable bonds is 4. The standard InChI is InChI=1S/C9H17NO2/c1-3-4-7-12-8(11)9(2)5-6-10-9/h10H,3-7H2,1-2H3. The molecule has 0 aromatic carbocycles. The van der Waals surface area contributed by atoms with E-state index in [2.05, 4.69) is 12.2 Å². The highest BCUT2D eigenvalue weighted by Gasteiger charge is 2.40. The van der Waals surface area contributed by atoms with Gasteiger partial charge in [0.25, 0.3) is 0 Å². The molecule has 0 amide bonds. The van der Waals surface area contributed by atoms with Gasteiger partial charge in [0.15, 0.2) is 0 Å². The average Bonchev–Trinajstić information content (AvgIpc) is 2.00. The number of ether oxygens (including phenoxy) is 1. The number of hydrogen-bond acceptors (Lipinski definition) is 3. The lowest BCUT2D eigenvalue weighted by atomic mass is 9.90. The average molecular weight is 171 g/mol. The Kier molecular flexibility index (Phi) is 3.09. The molecule has 0 aliphatic carbocycles. The first-order valence-corrected chi connectivity index (χ1v) is 4.61. The number of nitrogens with one attached hydrogen (secondary N) is 1. The quantitative estimate of drug-likeness (QED) is 0.508. The third kappa shape index (κ3) is 1.97. The van der Waals surface area contributed by atoms with Gasteiger partial charge >= 0.3 is 5.97 Å². The molecule has 3 heteroatoms. The van der Waals surface area contributed by atoms with Crippen molar-refractivity contribution in [2.75, 3.05) is 13.2 Å². The highest BCUT2D eigenvalue weighted by molar-refractivity contribution is 5.81. The molecule has 1 rings (SSSR count). The molecule has 1 aliphatic rings. The first kappa shape index (κ1) is 9.52. The van der Waals surface area contributed by atoms with Crippen LogP contribution in [0.1, 0.15) is 33.1 Å². The van der Waals surface area contributed by atoms with E-state index in [1.165, 1.54) is 0 Å². The van der Waals surface area contributed by atoms with Crippen LogP contribution in [-0.2, 0) is 9.53 Å². The molecule has 1 N–H and O–H groups in total. The number of carbonyl (C=O) groups is 1. The summed E-state index contributed by atoms with van der Waals surface area (Å²) in [7, 11) is 0. The third-order valence-electron chi connectivity index (χ3n) is 2.32. The normalized spacial score (nSPS) is 27.8. The number of hydrogen-bond donors (Lipinski definition) is 1. The zero-order valence-electron chi connectivity index (χ0n) is 7.85. The van der Waals surface area contributed by atoms with Crippen molar-refractivity contribution in [1.29, 1.82) is 0 Å². The van der Waals surface area contributed by atoms with E-state index < -0.39 is 0 Å². The predicted octanol–water partition coefficient (Wildman–Crippen LogP) is 1.08. The Morgan fingerprint density at radius 2 is 2.33 bits per heavy atom. The van der Waals surface area contributed by atoms with Crippen molar-refractivity contribution < 1.29 is 9.53 Å². The predicted molar refractivity (Wildman–Crippen MR) is 46.9 cm³/mol. The van der Waals surface area contributed by atoms with Crippen LogP contribution in [0.2, 0.25) is 0 Å². The van der Waals surface area contributed by atoms with Crippen molar-refractivity contribution in [2.45, 2.75) is 38.6 Å². The minimum atomic E-state index is -0.381. The molecule has 0 bridgehead atoms. The summed E-state index contributed by atoms with van der Waals surface area (Å²) in [4.78, 5) is 11.3. The summed E-state index contributed by atoms with van der Waals surface area (Å²) in [6, 6.07) is 0. The van der Waals surface area contributed by atoms with Gasteiger partial charge in [-0.3, -0.25) is 4.79 Å². The van der Waals surface area contributed by atoms with Crippen molar-refractivity contribution in [2.24, 2.45) is 0 Å². The molecule has 1 saturated heterocycles. The Labute approximate surface area is 73.5 Å². The Morgan fingerprint density at radius 3 is 2.75 bits per heavy atom. The lowest BCUT2D eigenvalue weighted by Crippen LogP contribution is -2.60. The Morgan fingerprint density at radius 1 is 1.67 bits per heavy atom. The largest absolute Gasteiger partial charge is 0.464 e. The van der Waals surface area contributed by atoms with Gasteiger partial charge in [-0.1, -0.05) is 13.3 Å². The van der Waals surface area contributed by atoms with Crippen molar-refractivity contribution in [3.63, 3.8) is 0 Å². The molecule has 0 aromatic heterocycles. The van der Waals surface area contributed by atoms with Gasteiger partial charge in [-0.05, 0) is 26.3 Å². The highest BCUT2D eigenvalue weighted by Crippen LogP contribution is 2.19. The first-order chi connectivity index (χ1) is 5.69. The fraction of sp³-hybridized carbons (Fsp3) is 0.889.